The van der Waals surface area contributed by atoms with Crippen molar-refractivity contribution in [1.82, 2.24) is 4.98 Å². The van der Waals surface area contributed by atoms with E-state index in [9.17, 15) is 4.79 Å². The molecular formula is C18H14BrNO3S. The molecule has 1 N–H and O–H groups in total. The van der Waals surface area contributed by atoms with E-state index in [1.54, 1.807) is 0 Å². The van der Waals surface area contributed by atoms with Crippen molar-refractivity contribution in [3.05, 3.63) is 64.5 Å². The zero-order valence-electron chi connectivity index (χ0n) is 12.7. The van der Waals surface area contributed by atoms with Gasteiger partial charge in [-0.3, -0.25) is 4.79 Å². The van der Waals surface area contributed by atoms with Crippen LogP contribution in [0.5, 0.6) is 0 Å². The van der Waals surface area contributed by atoms with E-state index >= 15 is 0 Å². The van der Waals surface area contributed by atoms with Crippen molar-refractivity contribution in [2.75, 3.05) is 0 Å². The lowest BCUT2D eigenvalue weighted by atomic mass is 10.0. The Morgan fingerprint density at radius 2 is 1.71 bits per heavy atom. The van der Waals surface area contributed by atoms with Gasteiger partial charge in [0, 0.05) is 15.6 Å². The third-order valence-corrected chi connectivity index (χ3v) is 4.51. The van der Waals surface area contributed by atoms with Gasteiger partial charge in [-0.25, -0.2) is 4.98 Å². The SMILES string of the molecule is Cc1ccc(-c2oc(C(S)C(=O)O)nc2-c2ccc(Br)cc2)cc1. The molecule has 0 bridgehead atoms. The highest BCUT2D eigenvalue weighted by atomic mass is 79.9. The fourth-order valence-corrected chi connectivity index (χ4v) is 2.64. The number of aromatic nitrogens is 1. The Morgan fingerprint density at radius 1 is 1.12 bits per heavy atom. The Labute approximate surface area is 153 Å². The Hall–Kier alpha value is -2.05. The topological polar surface area (TPSA) is 63.3 Å². The van der Waals surface area contributed by atoms with Crippen LogP contribution in [0.15, 0.2) is 57.4 Å². The maximum Gasteiger partial charge on any atom is 0.325 e. The third kappa shape index (κ3) is 3.39. The number of halogens is 1. The van der Waals surface area contributed by atoms with E-state index in [1.165, 1.54) is 0 Å². The van der Waals surface area contributed by atoms with Gasteiger partial charge in [-0.05, 0) is 19.1 Å². The number of carboxylic acids is 1. The average Bonchev–Trinajstić information content (AvgIpc) is 3.00. The van der Waals surface area contributed by atoms with E-state index < -0.39 is 11.2 Å². The molecule has 0 fully saturated rings. The summed E-state index contributed by atoms with van der Waals surface area (Å²) >= 11 is 7.47. The van der Waals surface area contributed by atoms with Crippen LogP contribution in [0.1, 0.15) is 16.7 Å². The molecule has 0 saturated heterocycles. The van der Waals surface area contributed by atoms with Gasteiger partial charge in [0.15, 0.2) is 11.0 Å². The van der Waals surface area contributed by atoms with Crippen molar-refractivity contribution in [3.8, 4) is 22.6 Å². The monoisotopic (exact) mass is 403 g/mol. The smallest absolute Gasteiger partial charge is 0.325 e. The molecule has 1 aromatic heterocycles. The standard InChI is InChI=1S/C18H14BrNO3S/c1-10-2-4-12(5-3-10)15-14(11-6-8-13(19)9-7-11)20-17(23-15)16(24)18(21)22/h2-9,16,24H,1H3,(H,21,22). The second-order valence-electron chi connectivity index (χ2n) is 5.34. The highest BCUT2D eigenvalue weighted by Gasteiger charge is 2.25. The molecule has 3 rings (SSSR count). The maximum absolute atomic E-state index is 11.2. The fourth-order valence-electron chi connectivity index (χ4n) is 2.26. The van der Waals surface area contributed by atoms with Crippen molar-refractivity contribution in [3.63, 3.8) is 0 Å². The first-order valence-corrected chi connectivity index (χ1v) is 8.51. The minimum Gasteiger partial charge on any atom is -0.480 e. The lowest BCUT2D eigenvalue weighted by molar-refractivity contribution is -0.136. The predicted molar refractivity (Wildman–Crippen MR) is 99.2 cm³/mol. The number of hydrogen-bond acceptors (Lipinski definition) is 4. The van der Waals surface area contributed by atoms with Gasteiger partial charge in [-0.2, -0.15) is 12.6 Å². The van der Waals surface area contributed by atoms with Crippen molar-refractivity contribution in [2.24, 2.45) is 0 Å². The van der Waals surface area contributed by atoms with Crippen LogP contribution in [0.3, 0.4) is 0 Å². The van der Waals surface area contributed by atoms with Gasteiger partial charge in [0.25, 0.3) is 0 Å². The average molecular weight is 404 g/mol. The van der Waals surface area contributed by atoms with Crippen molar-refractivity contribution < 1.29 is 14.3 Å². The Bertz CT molecular complexity index is 809. The first-order chi connectivity index (χ1) is 11.5. The lowest BCUT2D eigenvalue weighted by Gasteiger charge is -2.02. The van der Waals surface area contributed by atoms with Gasteiger partial charge in [0.05, 0.1) is 0 Å². The number of carboxylic acid groups (broad SMARTS) is 1. The summed E-state index contributed by atoms with van der Waals surface area (Å²) in [6, 6.07) is 15.4. The van der Waals surface area contributed by atoms with Gasteiger partial charge in [0.1, 0.15) is 5.69 Å². The molecule has 0 spiro atoms. The molecular weight excluding hydrogens is 390 g/mol. The molecule has 1 atom stereocenters. The minimum absolute atomic E-state index is 0.0688. The summed E-state index contributed by atoms with van der Waals surface area (Å²) in [5.74, 6) is -0.496. The van der Waals surface area contributed by atoms with Gasteiger partial charge in [-0.1, -0.05) is 57.9 Å². The van der Waals surface area contributed by atoms with Gasteiger partial charge in [-0.15, -0.1) is 0 Å². The maximum atomic E-state index is 11.2. The molecule has 1 unspecified atom stereocenters. The zero-order chi connectivity index (χ0) is 17.3. The van der Waals surface area contributed by atoms with Crippen LogP contribution in [0.4, 0.5) is 0 Å². The van der Waals surface area contributed by atoms with Crippen molar-refractivity contribution >= 4 is 34.5 Å². The highest BCUT2D eigenvalue weighted by molar-refractivity contribution is 9.10. The number of carbonyl (C=O) groups is 1. The van der Waals surface area contributed by atoms with Crippen molar-refractivity contribution in [2.45, 2.75) is 12.2 Å². The molecule has 122 valence electrons. The second-order valence-corrected chi connectivity index (χ2v) is 6.78. The van der Waals surface area contributed by atoms with Crippen LogP contribution in [-0.2, 0) is 4.79 Å². The molecule has 0 aliphatic carbocycles. The molecule has 4 nitrogen and oxygen atoms in total. The van der Waals surface area contributed by atoms with E-state index in [-0.39, 0.29) is 5.89 Å². The van der Waals surface area contributed by atoms with Gasteiger partial charge < -0.3 is 9.52 Å². The van der Waals surface area contributed by atoms with E-state index in [0.29, 0.717) is 11.5 Å². The number of aryl methyl sites for hydroxylation is 1. The third-order valence-electron chi connectivity index (χ3n) is 3.54. The Morgan fingerprint density at radius 3 is 2.29 bits per heavy atom. The molecule has 1 heterocycles. The summed E-state index contributed by atoms with van der Waals surface area (Å²) < 4.78 is 6.72. The van der Waals surface area contributed by atoms with E-state index in [2.05, 4.69) is 33.5 Å². The molecule has 3 aromatic rings. The summed E-state index contributed by atoms with van der Waals surface area (Å²) in [6.45, 7) is 2.00. The quantitative estimate of drug-likeness (QED) is 0.592. The summed E-state index contributed by atoms with van der Waals surface area (Å²) in [5, 5.41) is 8.05. The zero-order valence-corrected chi connectivity index (χ0v) is 15.2. The first kappa shape index (κ1) is 16.8. The molecule has 0 radical (unpaired) electrons. The largest absolute Gasteiger partial charge is 0.480 e. The van der Waals surface area contributed by atoms with Crippen LogP contribution in [0.25, 0.3) is 22.6 Å². The molecule has 0 saturated carbocycles. The molecule has 2 aromatic carbocycles. The number of thiol groups is 1. The number of aliphatic carboxylic acids is 1. The summed E-state index contributed by atoms with van der Waals surface area (Å²) in [4.78, 5) is 15.6. The summed E-state index contributed by atoms with van der Waals surface area (Å²) in [5.41, 5.74) is 3.40. The fraction of sp³-hybridized carbons (Fsp3) is 0.111. The summed E-state index contributed by atoms with van der Waals surface area (Å²) in [7, 11) is 0. The molecule has 6 heteroatoms. The lowest BCUT2D eigenvalue weighted by Crippen LogP contribution is -2.05. The number of nitrogens with zero attached hydrogens (tertiary/aromatic N) is 1. The van der Waals surface area contributed by atoms with Crippen LogP contribution >= 0.6 is 28.6 Å². The Balaban J connectivity index is 2.16. The minimum atomic E-state index is -1.11. The van der Waals surface area contributed by atoms with Crippen LogP contribution in [-0.4, -0.2) is 16.1 Å². The van der Waals surface area contributed by atoms with Gasteiger partial charge in [0.2, 0.25) is 5.89 Å². The van der Waals surface area contributed by atoms with E-state index in [0.717, 1.165) is 21.2 Å². The number of hydrogen-bond donors (Lipinski definition) is 2. The van der Waals surface area contributed by atoms with E-state index in [1.807, 2.05) is 55.5 Å². The predicted octanol–water partition coefficient (Wildman–Crippen LogP) is 5.14. The normalized spacial score (nSPS) is 12.1. The highest BCUT2D eigenvalue weighted by Crippen LogP contribution is 2.36. The first-order valence-electron chi connectivity index (χ1n) is 7.20. The van der Waals surface area contributed by atoms with Crippen LogP contribution < -0.4 is 0 Å². The van der Waals surface area contributed by atoms with Crippen LogP contribution in [0.2, 0.25) is 0 Å². The number of oxazole rings is 1. The molecule has 24 heavy (non-hydrogen) atoms. The van der Waals surface area contributed by atoms with E-state index in [4.69, 9.17) is 9.52 Å². The molecule has 0 aliphatic heterocycles. The number of benzene rings is 2. The van der Waals surface area contributed by atoms with Crippen molar-refractivity contribution in [1.29, 1.82) is 0 Å². The van der Waals surface area contributed by atoms with Crippen LogP contribution in [0, 0.1) is 6.92 Å². The van der Waals surface area contributed by atoms with Gasteiger partial charge >= 0.3 is 5.97 Å². The molecule has 0 amide bonds. The summed E-state index contributed by atoms with van der Waals surface area (Å²) in [6.07, 6.45) is 0. The molecule has 0 aliphatic rings. The Kier molecular flexibility index (Phi) is 4.78. The number of rotatable bonds is 4. The second kappa shape index (κ2) is 6.83.